The number of nitrogens with one attached hydrogen (secondary N) is 1. The highest BCUT2D eigenvalue weighted by Crippen LogP contribution is 2.50. The molecule has 1 N–H and O–H groups in total. The van der Waals surface area contributed by atoms with Gasteiger partial charge in [-0.05, 0) is 65.4 Å². The third-order valence-corrected chi connectivity index (χ3v) is 6.52. The van der Waals surface area contributed by atoms with E-state index in [0.717, 1.165) is 16.7 Å². The van der Waals surface area contributed by atoms with Crippen molar-refractivity contribution < 1.29 is 33.2 Å². The maximum atomic E-state index is 13.0. The second-order valence-electron chi connectivity index (χ2n) is 8.62. The highest BCUT2D eigenvalue weighted by atomic mass is 16.5. The zero-order valence-corrected chi connectivity index (χ0v) is 22.1. The fourth-order valence-electron chi connectivity index (χ4n) is 4.71. The zero-order chi connectivity index (χ0) is 27.2. The molecule has 0 fully saturated rings. The predicted octanol–water partition coefficient (Wildman–Crippen LogP) is 4.67. The van der Waals surface area contributed by atoms with Crippen molar-refractivity contribution in [3.8, 4) is 39.9 Å². The molecule has 9 heteroatoms. The molecule has 9 nitrogen and oxygen atoms in total. The molecule has 0 heterocycles. The topological polar surface area (TPSA) is 102 Å². The number of hydrogen-bond donors (Lipinski definition) is 1. The van der Waals surface area contributed by atoms with Gasteiger partial charge in [0.25, 0.3) is 0 Å². The summed E-state index contributed by atoms with van der Waals surface area (Å²) in [6.07, 6.45) is 0.456. The van der Waals surface area contributed by atoms with E-state index in [2.05, 4.69) is 5.32 Å². The van der Waals surface area contributed by atoms with Crippen molar-refractivity contribution >= 4 is 6.09 Å². The van der Waals surface area contributed by atoms with Gasteiger partial charge in [-0.2, -0.15) is 0 Å². The molecule has 0 bridgehead atoms. The number of carbonyl (C=O) groups excluding carboxylic acids is 1. The van der Waals surface area contributed by atoms with Crippen molar-refractivity contribution in [2.75, 3.05) is 35.5 Å². The number of alkyl carbamates (subject to hydrolysis) is 1. The van der Waals surface area contributed by atoms with Gasteiger partial charge in [0.05, 0.1) is 41.6 Å². The number of methoxy groups -OCH3 is 5. The van der Waals surface area contributed by atoms with E-state index in [1.54, 1.807) is 39.5 Å². The summed E-state index contributed by atoms with van der Waals surface area (Å²) in [4.78, 5) is 25.9. The first-order valence-electron chi connectivity index (χ1n) is 12.0. The van der Waals surface area contributed by atoms with Crippen LogP contribution in [0.1, 0.15) is 29.2 Å². The second-order valence-corrected chi connectivity index (χ2v) is 8.62. The Hall–Kier alpha value is -4.40. The van der Waals surface area contributed by atoms with E-state index in [4.69, 9.17) is 28.4 Å². The van der Waals surface area contributed by atoms with E-state index in [-0.39, 0.29) is 17.8 Å². The Labute approximate surface area is 221 Å². The average molecular weight is 522 g/mol. The van der Waals surface area contributed by atoms with Crippen LogP contribution in [0.4, 0.5) is 4.79 Å². The maximum absolute atomic E-state index is 13.0. The lowest BCUT2D eigenvalue weighted by atomic mass is 9.95. The molecule has 0 aromatic heterocycles. The van der Waals surface area contributed by atoms with Gasteiger partial charge in [0.1, 0.15) is 12.4 Å². The van der Waals surface area contributed by atoms with Crippen LogP contribution in [-0.4, -0.2) is 41.6 Å². The minimum atomic E-state index is -0.609. The van der Waals surface area contributed by atoms with Crippen LogP contribution >= 0.6 is 0 Å². The summed E-state index contributed by atoms with van der Waals surface area (Å²) in [7, 11) is 7.67. The summed E-state index contributed by atoms with van der Waals surface area (Å²) >= 11 is 0. The lowest BCUT2D eigenvalue weighted by Crippen LogP contribution is -2.29. The van der Waals surface area contributed by atoms with Crippen molar-refractivity contribution in [2.45, 2.75) is 25.5 Å². The summed E-state index contributed by atoms with van der Waals surface area (Å²) < 4.78 is 33.0. The Morgan fingerprint density at radius 2 is 1.63 bits per heavy atom. The molecule has 0 aliphatic heterocycles. The summed E-state index contributed by atoms with van der Waals surface area (Å²) in [5.74, 6) is 2.28. The van der Waals surface area contributed by atoms with Gasteiger partial charge in [-0.1, -0.05) is 18.2 Å². The van der Waals surface area contributed by atoms with Crippen LogP contribution in [0.2, 0.25) is 0 Å². The van der Waals surface area contributed by atoms with E-state index in [9.17, 15) is 9.59 Å². The highest BCUT2D eigenvalue weighted by molar-refractivity contribution is 5.83. The van der Waals surface area contributed by atoms with Crippen LogP contribution in [0.15, 0.2) is 53.3 Å². The number of carbonyl (C=O) groups is 1. The minimum absolute atomic E-state index is 0.0637. The van der Waals surface area contributed by atoms with E-state index < -0.39 is 12.1 Å². The van der Waals surface area contributed by atoms with Crippen LogP contribution in [0.5, 0.6) is 28.7 Å². The molecule has 1 aliphatic carbocycles. The number of rotatable bonds is 8. The van der Waals surface area contributed by atoms with Crippen molar-refractivity contribution in [3.05, 3.63) is 75.4 Å². The summed E-state index contributed by atoms with van der Waals surface area (Å²) in [6, 6.07) is 13.6. The first-order chi connectivity index (χ1) is 18.4. The zero-order valence-electron chi connectivity index (χ0n) is 22.1. The predicted molar refractivity (Wildman–Crippen MR) is 142 cm³/mol. The summed E-state index contributed by atoms with van der Waals surface area (Å²) in [5.41, 5.74) is 3.47. The molecule has 1 atom stereocenters. The van der Waals surface area contributed by atoms with E-state index in [1.807, 2.05) is 24.3 Å². The monoisotopic (exact) mass is 521 g/mol. The number of benzene rings is 2. The third kappa shape index (κ3) is 5.32. The Kier molecular flexibility index (Phi) is 8.25. The summed E-state index contributed by atoms with van der Waals surface area (Å²) in [5, 5.41) is 2.95. The van der Waals surface area contributed by atoms with Crippen LogP contribution in [0.3, 0.4) is 0 Å². The fourth-order valence-corrected chi connectivity index (χ4v) is 4.71. The molecule has 0 radical (unpaired) electrons. The molecule has 0 saturated heterocycles. The minimum Gasteiger partial charge on any atom is -0.497 e. The molecule has 1 amide bonds. The Bertz CT molecular complexity index is 1390. The van der Waals surface area contributed by atoms with Gasteiger partial charge < -0.3 is 33.7 Å². The molecule has 0 unspecified atom stereocenters. The van der Waals surface area contributed by atoms with Crippen molar-refractivity contribution in [3.63, 3.8) is 0 Å². The van der Waals surface area contributed by atoms with Crippen LogP contribution in [-0.2, 0) is 17.8 Å². The van der Waals surface area contributed by atoms with Crippen LogP contribution in [0.25, 0.3) is 11.1 Å². The van der Waals surface area contributed by atoms with Crippen molar-refractivity contribution in [2.24, 2.45) is 0 Å². The van der Waals surface area contributed by atoms with Gasteiger partial charge in [-0.25, -0.2) is 4.79 Å². The number of fused-ring (bicyclic) bond motifs is 3. The van der Waals surface area contributed by atoms with Gasteiger partial charge >= 0.3 is 6.09 Å². The molecule has 3 aromatic rings. The number of amides is 1. The SMILES string of the molecule is COc1cccc(COC(=O)N[C@H]2CCc3cc(OC)c(OC)c(OC)c3-c3ccc(OC)c(=O)cc32)c1. The number of ether oxygens (including phenoxy) is 6. The molecule has 0 spiro atoms. The largest absolute Gasteiger partial charge is 0.497 e. The molecular formula is C29H31NO8. The van der Waals surface area contributed by atoms with Gasteiger partial charge in [-0.3, -0.25) is 4.79 Å². The third-order valence-electron chi connectivity index (χ3n) is 6.52. The standard InChI is InChI=1S/C29H31NO8/c1-33-19-8-6-7-17(13-19)16-38-29(32)30-22-11-9-18-14-25(35-3)27(36-4)28(37-5)26(18)20-10-12-24(34-2)23(31)15-21(20)22/h6-8,10,12-15,22H,9,11,16H2,1-5H3,(H,30,32)/t22-/m0/s1. The van der Waals surface area contributed by atoms with Crippen LogP contribution in [0, 0.1) is 0 Å². The first kappa shape index (κ1) is 26.7. The quantitative estimate of drug-likeness (QED) is 0.456. The molecule has 0 saturated carbocycles. The second kappa shape index (κ2) is 11.8. The van der Waals surface area contributed by atoms with E-state index >= 15 is 0 Å². The van der Waals surface area contributed by atoms with E-state index in [1.165, 1.54) is 20.3 Å². The lowest BCUT2D eigenvalue weighted by molar-refractivity contribution is 0.135. The molecule has 3 aromatic carbocycles. The van der Waals surface area contributed by atoms with Gasteiger partial charge in [0.2, 0.25) is 11.2 Å². The smallest absolute Gasteiger partial charge is 0.407 e. The van der Waals surface area contributed by atoms with E-state index in [0.29, 0.717) is 47.0 Å². The maximum Gasteiger partial charge on any atom is 0.407 e. The number of aryl methyl sites for hydroxylation is 1. The fraction of sp³-hybridized carbons (Fsp3) is 0.310. The normalized spacial score (nSPS) is 13.8. The van der Waals surface area contributed by atoms with Gasteiger partial charge in [0, 0.05) is 5.56 Å². The molecular weight excluding hydrogens is 490 g/mol. The lowest BCUT2D eigenvalue weighted by Gasteiger charge is -2.20. The number of hydrogen-bond acceptors (Lipinski definition) is 8. The highest BCUT2D eigenvalue weighted by Gasteiger charge is 2.30. The van der Waals surface area contributed by atoms with Crippen molar-refractivity contribution in [1.82, 2.24) is 5.32 Å². The van der Waals surface area contributed by atoms with Crippen LogP contribution < -0.4 is 34.4 Å². The first-order valence-corrected chi connectivity index (χ1v) is 12.0. The van der Waals surface area contributed by atoms with Gasteiger partial charge in [-0.15, -0.1) is 0 Å². The molecule has 4 rings (SSSR count). The van der Waals surface area contributed by atoms with Gasteiger partial charge in [0.15, 0.2) is 17.2 Å². The molecule has 200 valence electrons. The summed E-state index contributed by atoms with van der Waals surface area (Å²) in [6.45, 7) is 0.0637. The molecule has 38 heavy (non-hydrogen) atoms. The van der Waals surface area contributed by atoms with Crippen molar-refractivity contribution in [1.29, 1.82) is 0 Å². The average Bonchev–Trinajstić information content (AvgIpc) is 3.19. The Balaban J connectivity index is 1.75. The molecule has 1 aliphatic rings. The Morgan fingerprint density at radius 3 is 2.32 bits per heavy atom. The Morgan fingerprint density at radius 1 is 0.868 bits per heavy atom.